The van der Waals surface area contributed by atoms with Crippen LogP contribution in [0.1, 0.15) is 16.2 Å². The van der Waals surface area contributed by atoms with Crippen molar-refractivity contribution in [2.45, 2.75) is 6.92 Å². The Morgan fingerprint density at radius 3 is 2.91 bits per heavy atom. The highest BCUT2D eigenvalue weighted by molar-refractivity contribution is 7.22. The molecule has 0 fully saturated rings. The standard InChI is InChI=1S/C16H11N3O2S2/c1-9-8-12(21-19-9)14(20)18-15-10(6-7-22-15)16-17-11-4-2-3-5-13(11)23-16/h2-8H,1H3,(H,18,20). The lowest BCUT2D eigenvalue weighted by Gasteiger charge is -2.01. The van der Waals surface area contributed by atoms with Crippen LogP contribution in [0.4, 0.5) is 5.00 Å². The van der Waals surface area contributed by atoms with Crippen LogP contribution in [0.3, 0.4) is 0 Å². The van der Waals surface area contributed by atoms with E-state index in [9.17, 15) is 4.79 Å². The molecule has 0 saturated heterocycles. The lowest BCUT2D eigenvalue weighted by atomic mass is 10.3. The number of anilines is 1. The molecule has 0 unspecified atom stereocenters. The summed E-state index contributed by atoms with van der Waals surface area (Å²) in [5, 5.41) is 10.2. The fraction of sp³-hybridized carbons (Fsp3) is 0.0625. The van der Waals surface area contributed by atoms with Gasteiger partial charge in [-0.3, -0.25) is 4.79 Å². The van der Waals surface area contributed by atoms with E-state index in [4.69, 9.17) is 4.52 Å². The number of thiophene rings is 1. The number of nitrogens with one attached hydrogen (secondary N) is 1. The number of amides is 1. The van der Waals surface area contributed by atoms with Gasteiger partial charge in [-0.15, -0.1) is 22.7 Å². The predicted octanol–water partition coefficient (Wildman–Crippen LogP) is 4.57. The van der Waals surface area contributed by atoms with E-state index in [2.05, 4.69) is 15.5 Å². The van der Waals surface area contributed by atoms with E-state index in [0.717, 1.165) is 25.8 Å². The summed E-state index contributed by atoms with van der Waals surface area (Å²) in [7, 11) is 0. The van der Waals surface area contributed by atoms with E-state index in [-0.39, 0.29) is 11.7 Å². The van der Waals surface area contributed by atoms with E-state index >= 15 is 0 Å². The van der Waals surface area contributed by atoms with Gasteiger partial charge in [-0.25, -0.2) is 4.98 Å². The van der Waals surface area contributed by atoms with Gasteiger partial charge in [0.25, 0.3) is 5.91 Å². The highest BCUT2D eigenvalue weighted by Gasteiger charge is 2.17. The number of para-hydroxylation sites is 1. The first kappa shape index (κ1) is 14.1. The summed E-state index contributed by atoms with van der Waals surface area (Å²) in [5.74, 6) is -0.110. The first-order chi connectivity index (χ1) is 11.2. The Balaban J connectivity index is 1.66. The minimum atomic E-state index is -0.310. The number of hydrogen-bond acceptors (Lipinski definition) is 6. The Labute approximate surface area is 139 Å². The molecule has 0 saturated carbocycles. The maximum atomic E-state index is 12.2. The van der Waals surface area contributed by atoms with Gasteiger partial charge >= 0.3 is 0 Å². The van der Waals surface area contributed by atoms with Gasteiger partial charge in [0.1, 0.15) is 10.0 Å². The van der Waals surface area contributed by atoms with Crippen LogP contribution in [0.5, 0.6) is 0 Å². The molecule has 0 radical (unpaired) electrons. The van der Waals surface area contributed by atoms with Gasteiger partial charge in [-0.2, -0.15) is 0 Å². The molecule has 1 aromatic carbocycles. The maximum absolute atomic E-state index is 12.2. The van der Waals surface area contributed by atoms with Gasteiger partial charge in [0.15, 0.2) is 0 Å². The van der Waals surface area contributed by atoms with E-state index < -0.39 is 0 Å². The van der Waals surface area contributed by atoms with E-state index in [1.54, 1.807) is 24.3 Å². The number of fused-ring (bicyclic) bond motifs is 1. The van der Waals surface area contributed by atoms with Gasteiger partial charge in [0, 0.05) is 11.6 Å². The van der Waals surface area contributed by atoms with Crippen molar-refractivity contribution in [3.63, 3.8) is 0 Å². The zero-order chi connectivity index (χ0) is 15.8. The van der Waals surface area contributed by atoms with Crippen molar-refractivity contribution in [2.24, 2.45) is 0 Å². The topological polar surface area (TPSA) is 68.0 Å². The molecule has 0 bridgehead atoms. The number of aryl methyl sites for hydroxylation is 1. The quantitative estimate of drug-likeness (QED) is 0.592. The molecule has 0 aliphatic rings. The van der Waals surface area contributed by atoms with Gasteiger partial charge in [-0.05, 0) is 30.5 Å². The van der Waals surface area contributed by atoms with Crippen molar-refractivity contribution < 1.29 is 9.32 Å². The Morgan fingerprint density at radius 2 is 2.13 bits per heavy atom. The van der Waals surface area contributed by atoms with Gasteiger partial charge in [0.05, 0.1) is 15.9 Å². The largest absolute Gasteiger partial charge is 0.351 e. The summed E-state index contributed by atoms with van der Waals surface area (Å²) in [6, 6.07) is 11.6. The highest BCUT2D eigenvalue weighted by Crippen LogP contribution is 2.37. The van der Waals surface area contributed by atoms with Crippen LogP contribution >= 0.6 is 22.7 Å². The van der Waals surface area contributed by atoms with Crippen LogP contribution in [0.15, 0.2) is 46.3 Å². The minimum absolute atomic E-state index is 0.200. The highest BCUT2D eigenvalue weighted by atomic mass is 32.1. The fourth-order valence-electron chi connectivity index (χ4n) is 2.20. The normalized spacial score (nSPS) is 11.0. The molecule has 1 amide bonds. The smallest absolute Gasteiger partial charge is 0.294 e. The maximum Gasteiger partial charge on any atom is 0.294 e. The van der Waals surface area contributed by atoms with Crippen molar-refractivity contribution in [2.75, 3.05) is 5.32 Å². The molecule has 23 heavy (non-hydrogen) atoms. The SMILES string of the molecule is Cc1cc(C(=O)Nc2sccc2-c2nc3ccccc3s2)on1. The van der Waals surface area contributed by atoms with E-state index in [1.165, 1.54) is 11.3 Å². The van der Waals surface area contributed by atoms with Crippen molar-refractivity contribution >= 4 is 43.8 Å². The van der Waals surface area contributed by atoms with Crippen molar-refractivity contribution in [1.82, 2.24) is 10.1 Å². The first-order valence-electron chi connectivity index (χ1n) is 6.89. The summed E-state index contributed by atoms with van der Waals surface area (Å²) in [5.41, 5.74) is 2.55. The van der Waals surface area contributed by atoms with Crippen LogP contribution in [0, 0.1) is 6.92 Å². The molecule has 5 nitrogen and oxygen atoms in total. The van der Waals surface area contributed by atoms with E-state index in [1.807, 2.05) is 35.7 Å². The van der Waals surface area contributed by atoms with Crippen LogP contribution in [0.2, 0.25) is 0 Å². The molecule has 4 aromatic rings. The van der Waals surface area contributed by atoms with Crippen LogP contribution in [-0.2, 0) is 0 Å². The Bertz CT molecular complexity index is 967. The molecule has 4 rings (SSSR count). The predicted molar refractivity (Wildman–Crippen MR) is 92.1 cm³/mol. The van der Waals surface area contributed by atoms with Crippen LogP contribution < -0.4 is 5.32 Å². The zero-order valence-electron chi connectivity index (χ0n) is 12.1. The Morgan fingerprint density at radius 1 is 1.26 bits per heavy atom. The first-order valence-corrected chi connectivity index (χ1v) is 8.58. The summed E-state index contributed by atoms with van der Waals surface area (Å²) in [6.07, 6.45) is 0. The average molecular weight is 341 g/mol. The summed E-state index contributed by atoms with van der Waals surface area (Å²) >= 11 is 3.06. The average Bonchev–Trinajstić information content (AvgIpc) is 3.25. The number of thiazole rings is 1. The second-order valence-electron chi connectivity index (χ2n) is 4.94. The van der Waals surface area contributed by atoms with Crippen molar-refractivity contribution in [1.29, 1.82) is 0 Å². The number of benzene rings is 1. The lowest BCUT2D eigenvalue weighted by Crippen LogP contribution is -2.10. The molecule has 0 spiro atoms. The summed E-state index contributed by atoms with van der Waals surface area (Å²) in [4.78, 5) is 16.9. The molecule has 0 atom stereocenters. The van der Waals surface area contributed by atoms with Crippen molar-refractivity contribution in [3.8, 4) is 10.6 Å². The van der Waals surface area contributed by atoms with Crippen molar-refractivity contribution in [3.05, 3.63) is 53.2 Å². The van der Waals surface area contributed by atoms with Gasteiger partial charge < -0.3 is 9.84 Å². The number of hydrogen-bond donors (Lipinski definition) is 1. The number of rotatable bonds is 3. The monoisotopic (exact) mass is 341 g/mol. The summed E-state index contributed by atoms with van der Waals surface area (Å²) in [6.45, 7) is 1.78. The molecular weight excluding hydrogens is 330 g/mol. The third-order valence-corrected chi connectivity index (χ3v) is 5.17. The van der Waals surface area contributed by atoms with Crippen LogP contribution in [-0.4, -0.2) is 16.0 Å². The molecule has 114 valence electrons. The third-order valence-electron chi connectivity index (χ3n) is 3.27. The molecule has 7 heteroatoms. The third kappa shape index (κ3) is 2.64. The fourth-order valence-corrected chi connectivity index (χ4v) is 4.04. The summed E-state index contributed by atoms with van der Waals surface area (Å²) < 4.78 is 6.12. The Kier molecular flexibility index (Phi) is 3.44. The van der Waals surface area contributed by atoms with E-state index in [0.29, 0.717) is 5.69 Å². The minimum Gasteiger partial charge on any atom is -0.351 e. The van der Waals surface area contributed by atoms with Gasteiger partial charge in [-0.1, -0.05) is 17.3 Å². The second-order valence-corrected chi connectivity index (χ2v) is 6.88. The number of carbonyl (C=O) groups excluding carboxylic acids is 1. The molecule has 1 N–H and O–H groups in total. The zero-order valence-corrected chi connectivity index (χ0v) is 13.7. The number of nitrogens with zero attached hydrogens (tertiary/aromatic N) is 2. The molecule has 3 aromatic heterocycles. The lowest BCUT2D eigenvalue weighted by molar-refractivity contribution is 0.0988. The second kappa shape index (κ2) is 5.60. The molecule has 0 aliphatic carbocycles. The molecule has 0 aliphatic heterocycles. The Hall–Kier alpha value is -2.51. The number of carbonyl (C=O) groups is 1. The van der Waals surface area contributed by atoms with Gasteiger partial charge in [0.2, 0.25) is 5.76 Å². The number of aromatic nitrogens is 2. The molecule has 3 heterocycles. The molecular formula is C16H11N3O2S2. The van der Waals surface area contributed by atoms with Crippen LogP contribution in [0.25, 0.3) is 20.8 Å².